The Labute approximate surface area is 242 Å². The minimum atomic E-state index is -5.08. The SMILES string of the molecule is CCS(=O)(=O)N1CCC(c2c[nH]c3c(C(N)=O)cc(-c4cccc(C5CCCCN5)c4)cc23)CC1.O=C(O)C(F)(F)F. The number of rotatable bonds is 6. The largest absolute Gasteiger partial charge is 0.490 e. The lowest BCUT2D eigenvalue weighted by molar-refractivity contribution is -0.192. The molecule has 0 bridgehead atoms. The molecule has 1 aromatic heterocycles. The second-order valence-corrected chi connectivity index (χ2v) is 12.8. The molecule has 0 saturated carbocycles. The number of nitrogens with zero attached hydrogens (tertiary/aromatic N) is 1. The van der Waals surface area contributed by atoms with Crippen LogP contribution >= 0.6 is 0 Å². The van der Waals surface area contributed by atoms with Crippen LogP contribution in [0.5, 0.6) is 0 Å². The van der Waals surface area contributed by atoms with Crippen molar-refractivity contribution in [3.05, 3.63) is 59.3 Å². The van der Waals surface area contributed by atoms with Gasteiger partial charge in [-0.2, -0.15) is 13.2 Å². The summed E-state index contributed by atoms with van der Waals surface area (Å²) in [6.45, 7) is 3.77. The number of carboxylic acid groups (broad SMARTS) is 1. The molecule has 2 saturated heterocycles. The second-order valence-electron chi connectivity index (χ2n) is 10.6. The van der Waals surface area contributed by atoms with Gasteiger partial charge in [-0.05, 0) is 85.5 Å². The fourth-order valence-corrected chi connectivity index (χ4v) is 6.78. The number of carboxylic acids is 1. The fourth-order valence-electron chi connectivity index (χ4n) is 5.65. The molecular formula is C29H35F3N4O5S. The van der Waals surface area contributed by atoms with Crippen molar-refractivity contribution in [2.24, 2.45) is 5.73 Å². The first-order valence-corrected chi connectivity index (χ1v) is 15.5. The smallest absolute Gasteiger partial charge is 0.475 e. The molecule has 2 fully saturated rings. The number of nitrogens with two attached hydrogens (primary N) is 1. The Hall–Kier alpha value is -3.42. The Morgan fingerprint density at radius 2 is 1.76 bits per heavy atom. The van der Waals surface area contributed by atoms with E-state index in [0.29, 0.717) is 24.7 Å². The Morgan fingerprint density at radius 3 is 2.33 bits per heavy atom. The molecule has 0 radical (unpaired) electrons. The highest BCUT2D eigenvalue weighted by molar-refractivity contribution is 7.89. The zero-order valence-corrected chi connectivity index (χ0v) is 24.0. The maximum atomic E-state index is 12.4. The number of amides is 1. The topological polar surface area (TPSA) is 146 Å². The van der Waals surface area contributed by atoms with Crippen LogP contribution in [0.4, 0.5) is 13.2 Å². The van der Waals surface area contributed by atoms with E-state index in [9.17, 15) is 26.4 Å². The van der Waals surface area contributed by atoms with Gasteiger partial charge in [-0.3, -0.25) is 4.79 Å². The molecule has 2 aliphatic heterocycles. The third kappa shape index (κ3) is 7.13. The molecule has 1 unspecified atom stereocenters. The lowest BCUT2D eigenvalue weighted by Gasteiger charge is -2.31. The van der Waals surface area contributed by atoms with Crippen LogP contribution in [0.25, 0.3) is 22.0 Å². The molecule has 13 heteroatoms. The summed E-state index contributed by atoms with van der Waals surface area (Å²) in [7, 11) is -3.17. The number of hydrogen-bond donors (Lipinski definition) is 4. The van der Waals surface area contributed by atoms with Crippen LogP contribution in [0.1, 0.15) is 72.5 Å². The summed E-state index contributed by atoms with van der Waals surface area (Å²) in [6, 6.07) is 12.9. The molecule has 5 N–H and O–H groups in total. The molecule has 9 nitrogen and oxygen atoms in total. The van der Waals surface area contributed by atoms with E-state index < -0.39 is 28.1 Å². The van der Waals surface area contributed by atoms with Crippen LogP contribution in [0.15, 0.2) is 42.6 Å². The highest BCUT2D eigenvalue weighted by Crippen LogP contribution is 2.38. The number of benzene rings is 2. The number of aromatic amines is 1. The molecule has 1 atom stereocenters. The highest BCUT2D eigenvalue weighted by atomic mass is 32.2. The van der Waals surface area contributed by atoms with Gasteiger partial charge in [-0.25, -0.2) is 17.5 Å². The van der Waals surface area contributed by atoms with Gasteiger partial charge in [-0.1, -0.05) is 24.6 Å². The number of primary amides is 1. The minimum absolute atomic E-state index is 0.130. The van der Waals surface area contributed by atoms with E-state index in [2.05, 4.69) is 40.6 Å². The molecule has 2 aromatic carbocycles. The molecule has 3 aromatic rings. The maximum Gasteiger partial charge on any atom is 0.490 e. The quantitative estimate of drug-likeness (QED) is 0.313. The van der Waals surface area contributed by atoms with Gasteiger partial charge in [0.15, 0.2) is 0 Å². The van der Waals surface area contributed by atoms with Gasteiger partial charge in [0.05, 0.1) is 16.8 Å². The first-order valence-electron chi connectivity index (χ1n) is 13.9. The molecular weight excluding hydrogens is 573 g/mol. The van der Waals surface area contributed by atoms with E-state index in [1.165, 1.54) is 18.4 Å². The number of carbonyl (C=O) groups is 2. The van der Waals surface area contributed by atoms with Crippen LogP contribution in [-0.4, -0.2) is 66.3 Å². The van der Waals surface area contributed by atoms with Gasteiger partial charge < -0.3 is 21.1 Å². The summed E-state index contributed by atoms with van der Waals surface area (Å²) in [5.41, 5.74) is 11.5. The number of aliphatic carboxylic acids is 1. The zero-order chi connectivity index (χ0) is 30.7. The van der Waals surface area contributed by atoms with Crippen molar-refractivity contribution in [2.75, 3.05) is 25.4 Å². The summed E-state index contributed by atoms with van der Waals surface area (Å²) in [5, 5.41) is 11.7. The van der Waals surface area contributed by atoms with Crippen molar-refractivity contribution in [3.63, 3.8) is 0 Å². The molecule has 2 aliphatic rings. The molecule has 3 heterocycles. The van der Waals surface area contributed by atoms with Gasteiger partial charge in [0.1, 0.15) is 0 Å². The van der Waals surface area contributed by atoms with Crippen molar-refractivity contribution < 1.29 is 36.3 Å². The highest BCUT2D eigenvalue weighted by Gasteiger charge is 2.38. The number of sulfonamides is 1. The lowest BCUT2D eigenvalue weighted by atomic mass is 9.88. The predicted molar refractivity (Wildman–Crippen MR) is 154 cm³/mol. The number of halogens is 3. The predicted octanol–water partition coefficient (Wildman–Crippen LogP) is 4.91. The number of piperidine rings is 2. The van der Waals surface area contributed by atoms with E-state index in [-0.39, 0.29) is 11.7 Å². The van der Waals surface area contributed by atoms with Gasteiger partial charge in [0.2, 0.25) is 10.0 Å². The molecule has 42 heavy (non-hydrogen) atoms. The normalized spacial score (nSPS) is 18.8. The summed E-state index contributed by atoms with van der Waals surface area (Å²) in [4.78, 5) is 24.6. The third-order valence-electron chi connectivity index (χ3n) is 7.91. The Morgan fingerprint density at radius 1 is 1.07 bits per heavy atom. The molecule has 5 rings (SSSR count). The van der Waals surface area contributed by atoms with Crippen LogP contribution in [0.2, 0.25) is 0 Å². The van der Waals surface area contributed by atoms with E-state index in [0.717, 1.165) is 53.4 Å². The first-order chi connectivity index (χ1) is 19.8. The van der Waals surface area contributed by atoms with Crippen molar-refractivity contribution in [1.82, 2.24) is 14.6 Å². The summed E-state index contributed by atoms with van der Waals surface area (Å²) >= 11 is 0. The van der Waals surface area contributed by atoms with Gasteiger partial charge in [-0.15, -0.1) is 0 Å². The Balaban J connectivity index is 0.000000517. The number of H-pyrrole nitrogens is 1. The monoisotopic (exact) mass is 608 g/mol. The number of aromatic nitrogens is 1. The van der Waals surface area contributed by atoms with Crippen LogP contribution in [0.3, 0.4) is 0 Å². The number of carbonyl (C=O) groups excluding carboxylic acids is 1. The minimum Gasteiger partial charge on any atom is -0.475 e. The van der Waals surface area contributed by atoms with E-state index in [1.807, 2.05) is 12.3 Å². The Kier molecular flexibility index (Phi) is 9.63. The van der Waals surface area contributed by atoms with Gasteiger partial charge in [0, 0.05) is 30.7 Å². The molecule has 228 valence electrons. The van der Waals surface area contributed by atoms with Gasteiger partial charge in [0.25, 0.3) is 5.91 Å². The van der Waals surface area contributed by atoms with Crippen molar-refractivity contribution in [2.45, 2.75) is 57.2 Å². The zero-order valence-electron chi connectivity index (χ0n) is 23.2. The summed E-state index contributed by atoms with van der Waals surface area (Å²) in [5.74, 6) is -2.86. The number of fused-ring (bicyclic) bond motifs is 1. The number of alkyl halides is 3. The van der Waals surface area contributed by atoms with E-state index >= 15 is 0 Å². The van der Waals surface area contributed by atoms with Crippen molar-refractivity contribution in [3.8, 4) is 11.1 Å². The van der Waals surface area contributed by atoms with Gasteiger partial charge >= 0.3 is 12.1 Å². The standard InChI is InChI=1S/C27H34N4O3S.C2HF3O2/c1-2-35(33,34)31-12-9-18(10-13-31)24-17-30-26-22(24)15-21(16-23(26)27(28)32)19-6-5-7-20(14-19)25-8-3-4-11-29-25;3-2(4,5)1(6)7/h5-7,14-18,25,29-30H,2-4,8-13H2,1H3,(H2,28,32);(H,6,7). The third-order valence-corrected chi connectivity index (χ3v) is 9.80. The van der Waals surface area contributed by atoms with E-state index in [1.54, 1.807) is 11.2 Å². The molecule has 0 spiro atoms. The number of hydrogen-bond acceptors (Lipinski definition) is 5. The average molecular weight is 609 g/mol. The van der Waals surface area contributed by atoms with Crippen LogP contribution < -0.4 is 11.1 Å². The fraction of sp³-hybridized carbons (Fsp3) is 0.448. The lowest BCUT2D eigenvalue weighted by Crippen LogP contribution is -2.38. The number of nitrogens with one attached hydrogen (secondary N) is 2. The maximum absolute atomic E-state index is 12.4. The van der Waals surface area contributed by atoms with E-state index in [4.69, 9.17) is 15.6 Å². The van der Waals surface area contributed by atoms with Crippen LogP contribution in [-0.2, 0) is 14.8 Å². The first kappa shape index (κ1) is 31.5. The summed E-state index contributed by atoms with van der Waals surface area (Å²) in [6.07, 6.45) is 1.97. The Bertz CT molecular complexity index is 1540. The van der Waals surface area contributed by atoms with Crippen molar-refractivity contribution in [1.29, 1.82) is 0 Å². The molecule has 1 amide bonds. The second kappa shape index (κ2) is 12.8. The van der Waals surface area contributed by atoms with Crippen LogP contribution in [0, 0.1) is 0 Å². The van der Waals surface area contributed by atoms with Crippen molar-refractivity contribution >= 4 is 32.8 Å². The summed E-state index contributed by atoms with van der Waals surface area (Å²) < 4.78 is 57.9. The molecule has 0 aliphatic carbocycles. The average Bonchev–Trinajstić information content (AvgIpc) is 3.41.